The van der Waals surface area contributed by atoms with Gasteiger partial charge < -0.3 is 9.84 Å². The van der Waals surface area contributed by atoms with E-state index >= 15 is 0 Å². The Hall–Kier alpha value is -1.91. The molecule has 2 aromatic heterocycles. The van der Waals surface area contributed by atoms with Crippen molar-refractivity contribution in [1.29, 1.82) is 0 Å². The Labute approximate surface area is 121 Å². The number of hydrogen-bond acceptors (Lipinski definition) is 4. The second-order valence-electron chi connectivity index (χ2n) is 4.48. The summed E-state index contributed by atoms with van der Waals surface area (Å²) in [4.78, 5) is 4.13. The Morgan fingerprint density at radius 2 is 2.15 bits per heavy atom. The number of rotatable bonds is 4. The van der Waals surface area contributed by atoms with Crippen molar-refractivity contribution in [3.05, 3.63) is 59.2 Å². The van der Waals surface area contributed by atoms with E-state index in [9.17, 15) is 5.11 Å². The first kappa shape index (κ1) is 13.1. The maximum absolute atomic E-state index is 10.6. The van der Waals surface area contributed by atoms with Gasteiger partial charge in [0.15, 0.2) is 0 Å². The first-order valence-electron chi connectivity index (χ1n) is 6.51. The summed E-state index contributed by atoms with van der Waals surface area (Å²) in [5, 5.41) is 13.7. The second kappa shape index (κ2) is 5.61. The second-order valence-corrected chi connectivity index (χ2v) is 5.39. The molecule has 0 amide bonds. The molecule has 4 heteroatoms. The minimum Gasteiger partial charge on any atom is -0.492 e. The lowest BCUT2D eigenvalue weighted by atomic mass is 10.0. The maximum atomic E-state index is 10.6. The molecule has 3 aromatic rings. The number of ether oxygens (including phenoxy) is 1. The van der Waals surface area contributed by atoms with Crippen LogP contribution in [0.15, 0.2) is 48.1 Å². The zero-order valence-electron chi connectivity index (χ0n) is 11.1. The molecule has 1 atom stereocenters. The van der Waals surface area contributed by atoms with E-state index in [1.165, 1.54) is 4.70 Å². The van der Waals surface area contributed by atoms with Crippen LogP contribution in [0.5, 0.6) is 5.75 Å². The average molecular weight is 285 g/mol. The van der Waals surface area contributed by atoms with Gasteiger partial charge in [0, 0.05) is 22.0 Å². The number of aliphatic hydroxyl groups is 1. The number of benzene rings is 1. The highest BCUT2D eigenvalue weighted by Gasteiger charge is 2.16. The van der Waals surface area contributed by atoms with Crippen LogP contribution in [0, 0.1) is 0 Å². The SMILES string of the molecule is CCOc1cncc(C(O)c2csc3ccccc23)c1. The largest absolute Gasteiger partial charge is 0.492 e. The first-order valence-corrected chi connectivity index (χ1v) is 7.39. The van der Waals surface area contributed by atoms with E-state index in [1.54, 1.807) is 23.7 Å². The molecule has 2 heterocycles. The van der Waals surface area contributed by atoms with Crippen LogP contribution < -0.4 is 4.74 Å². The molecule has 3 nitrogen and oxygen atoms in total. The Kier molecular flexibility index (Phi) is 3.67. The zero-order chi connectivity index (χ0) is 13.9. The monoisotopic (exact) mass is 285 g/mol. The number of aliphatic hydroxyl groups excluding tert-OH is 1. The van der Waals surface area contributed by atoms with Crippen molar-refractivity contribution in [3.8, 4) is 5.75 Å². The molecule has 0 aliphatic rings. The predicted octanol–water partition coefficient (Wildman–Crippen LogP) is 3.78. The summed E-state index contributed by atoms with van der Waals surface area (Å²) in [5.41, 5.74) is 1.67. The van der Waals surface area contributed by atoms with Crippen molar-refractivity contribution in [1.82, 2.24) is 4.98 Å². The minimum absolute atomic E-state index is 0.586. The van der Waals surface area contributed by atoms with E-state index in [0.29, 0.717) is 12.4 Å². The fourth-order valence-electron chi connectivity index (χ4n) is 2.22. The number of hydrogen-bond donors (Lipinski definition) is 1. The number of thiophene rings is 1. The highest BCUT2D eigenvalue weighted by molar-refractivity contribution is 7.17. The third-order valence-corrected chi connectivity index (χ3v) is 4.15. The summed E-state index contributed by atoms with van der Waals surface area (Å²) in [7, 11) is 0. The maximum Gasteiger partial charge on any atom is 0.137 e. The number of aromatic nitrogens is 1. The fourth-order valence-corrected chi connectivity index (χ4v) is 3.20. The van der Waals surface area contributed by atoms with Crippen LogP contribution >= 0.6 is 11.3 Å². The van der Waals surface area contributed by atoms with E-state index in [4.69, 9.17) is 4.74 Å². The highest BCUT2D eigenvalue weighted by atomic mass is 32.1. The summed E-state index contributed by atoms with van der Waals surface area (Å²) in [6.07, 6.45) is 2.66. The molecule has 20 heavy (non-hydrogen) atoms. The molecule has 0 radical (unpaired) electrons. The van der Waals surface area contributed by atoms with Crippen LogP contribution in [0.4, 0.5) is 0 Å². The lowest BCUT2D eigenvalue weighted by molar-refractivity contribution is 0.221. The fraction of sp³-hybridized carbons (Fsp3) is 0.188. The van der Waals surface area contributed by atoms with Crippen molar-refractivity contribution >= 4 is 21.4 Å². The van der Waals surface area contributed by atoms with Crippen molar-refractivity contribution in [2.75, 3.05) is 6.61 Å². The van der Waals surface area contributed by atoms with Gasteiger partial charge in [0.1, 0.15) is 11.9 Å². The van der Waals surface area contributed by atoms with Crippen LogP contribution in [0.1, 0.15) is 24.2 Å². The first-order chi connectivity index (χ1) is 9.79. The van der Waals surface area contributed by atoms with E-state index < -0.39 is 6.10 Å². The highest BCUT2D eigenvalue weighted by Crippen LogP contribution is 2.33. The number of pyridine rings is 1. The van der Waals surface area contributed by atoms with E-state index in [0.717, 1.165) is 16.5 Å². The molecule has 0 saturated heterocycles. The van der Waals surface area contributed by atoms with Gasteiger partial charge in [-0.1, -0.05) is 18.2 Å². The van der Waals surface area contributed by atoms with E-state index in [-0.39, 0.29) is 0 Å². The Bertz CT molecular complexity index is 723. The number of fused-ring (bicyclic) bond motifs is 1. The summed E-state index contributed by atoms with van der Waals surface area (Å²) >= 11 is 1.64. The van der Waals surface area contributed by atoms with E-state index in [2.05, 4.69) is 11.1 Å². The lowest BCUT2D eigenvalue weighted by Gasteiger charge is -2.11. The Balaban J connectivity index is 1.99. The van der Waals surface area contributed by atoms with Gasteiger partial charge in [0.25, 0.3) is 0 Å². The third kappa shape index (κ3) is 2.40. The molecule has 1 aromatic carbocycles. The Morgan fingerprint density at radius 3 is 3.00 bits per heavy atom. The number of nitrogens with zero attached hydrogens (tertiary/aromatic N) is 1. The molecule has 1 unspecified atom stereocenters. The van der Waals surface area contributed by atoms with Crippen molar-refractivity contribution in [2.45, 2.75) is 13.0 Å². The molecular formula is C16H15NO2S. The molecular weight excluding hydrogens is 270 g/mol. The van der Waals surface area contributed by atoms with Gasteiger partial charge in [0.2, 0.25) is 0 Å². The molecule has 0 spiro atoms. The molecule has 3 rings (SSSR count). The predicted molar refractivity (Wildman–Crippen MR) is 81.3 cm³/mol. The zero-order valence-corrected chi connectivity index (χ0v) is 11.9. The summed E-state index contributed by atoms with van der Waals surface area (Å²) in [5.74, 6) is 0.684. The molecule has 1 N–H and O–H groups in total. The van der Waals surface area contributed by atoms with Gasteiger partial charge in [-0.15, -0.1) is 11.3 Å². The smallest absolute Gasteiger partial charge is 0.137 e. The van der Waals surface area contributed by atoms with Crippen LogP contribution in [-0.2, 0) is 0 Å². The molecule has 0 aliphatic heterocycles. The van der Waals surface area contributed by atoms with Crippen molar-refractivity contribution in [3.63, 3.8) is 0 Å². The summed E-state index contributed by atoms with van der Waals surface area (Å²) in [6.45, 7) is 2.51. The van der Waals surface area contributed by atoms with Crippen LogP contribution in [0.2, 0.25) is 0 Å². The minimum atomic E-state index is -0.681. The molecule has 0 fully saturated rings. The van der Waals surface area contributed by atoms with Crippen LogP contribution in [-0.4, -0.2) is 16.7 Å². The molecule has 0 aliphatic carbocycles. The Morgan fingerprint density at radius 1 is 1.30 bits per heavy atom. The van der Waals surface area contributed by atoms with Crippen molar-refractivity contribution < 1.29 is 9.84 Å². The van der Waals surface area contributed by atoms with Gasteiger partial charge in [-0.05, 0) is 29.8 Å². The summed E-state index contributed by atoms with van der Waals surface area (Å²) < 4.78 is 6.61. The normalized spacial score (nSPS) is 12.5. The quantitative estimate of drug-likeness (QED) is 0.793. The van der Waals surface area contributed by atoms with Crippen LogP contribution in [0.3, 0.4) is 0 Å². The average Bonchev–Trinajstić information content (AvgIpc) is 2.91. The lowest BCUT2D eigenvalue weighted by Crippen LogP contribution is -2.01. The van der Waals surface area contributed by atoms with Gasteiger partial charge in [-0.3, -0.25) is 4.98 Å². The van der Waals surface area contributed by atoms with Gasteiger partial charge in [-0.25, -0.2) is 0 Å². The van der Waals surface area contributed by atoms with E-state index in [1.807, 2.05) is 36.6 Å². The topological polar surface area (TPSA) is 42.4 Å². The van der Waals surface area contributed by atoms with Gasteiger partial charge in [0.05, 0.1) is 12.8 Å². The summed E-state index contributed by atoms with van der Waals surface area (Å²) in [6, 6.07) is 9.93. The third-order valence-electron chi connectivity index (χ3n) is 3.17. The molecule has 0 bridgehead atoms. The molecule has 102 valence electrons. The molecule has 0 saturated carbocycles. The van der Waals surface area contributed by atoms with Gasteiger partial charge in [-0.2, -0.15) is 0 Å². The standard InChI is InChI=1S/C16H15NO2S/c1-2-19-12-7-11(8-17-9-12)16(18)14-10-20-15-6-4-3-5-13(14)15/h3-10,16,18H,2H2,1H3. The van der Waals surface area contributed by atoms with Crippen molar-refractivity contribution in [2.24, 2.45) is 0 Å². The van der Waals surface area contributed by atoms with Gasteiger partial charge >= 0.3 is 0 Å². The van der Waals surface area contributed by atoms with Crippen LogP contribution in [0.25, 0.3) is 10.1 Å².